The number of pyridine rings is 1. The Morgan fingerprint density at radius 2 is 1.86 bits per heavy atom. The molecule has 1 saturated heterocycles. The average molecular weight is 376 g/mol. The molecule has 1 N–H and O–H groups in total. The van der Waals surface area contributed by atoms with Crippen LogP contribution < -0.4 is 10.2 Å². The third-order valence-electron chi connectivity index (χ3n) is 5.20. The van der Waals surface area contributed by atoms with Gasteiger partial charge in [0.15, 0.2) is 0 Å². The molecule has 2 heterocycles. The number of anilines is 2. The SMILES string of the molecule is C=C(CCC#N)CNc1ccccc1N1CCN(CCc2ccncc2)CC1. The number of aromatic nitrogens is 1. The van der Waals surface area contributed by atoms with Crippen LogP contribution in [0, 0.1) is 11.3 Å². The second-order valence-electron chi connectivity index (χ2n) is 7.21. The van der Waals surface area contributed by atoms with Crippen molar-refractivity contribution in [3.05, 3.63) is 66.5 Å². The van der Waals surface area contributed by atoms with E-state index < -0.39 is 0 Å². The number of para-hydroxylation sites is 2. The lowest BCUT2D eigenvalue weighted by molar-refractivity contribution is 0.261. The average Bonchev–Trinajstić information content (AvgIpc) is 2.76. The topological polar surface area (TPSA) is 55.2 Å². The van der Waals surface area contributed by atoms with E-state index in [9.17, 15) is 0 Å². The normalized spacial score (nSPS) is 14.5. The summed E-state index contributed by atoms with van der Waals surface area (Å²) < 4.78 is 0. The number of piperazine rings is 1. The highest BCUT2D eigenvalue weighted by molar-refractivity contribution is 5.70. The summed E-state index contributed by atoms with van der Waals surface area (Å²) >= 11 is 0. The summed E-state index contributed by atoms with van der Waals surface area (Å²) in [5.74, 6) is 0. The van der Waals surface area contributed by atoms with E-state index in [0.29, 0.717) is 13.0 Å². The van der Waals surface area contributed by atoms with E-state index in [1.807, 2.05) is 12.4 Å². The Labute approximate surface area is 168 Å². The first-order valence-electron chi connectivity index (χ1n) is 9.99. The van der Waals surface area contributed by atoms with E-state index in [0.717, 1.165) is 56.8 Å². The highest BCUT2D eigenvalue weighted by atomic mass is 15.3. The van der Waals surface area contributed by atoms with Crippen LogP contribution in [-0.4, -0.2) is 49.2 Å². The van der Waals surface area contributed by atoms with Gasteiger partial charge < -0.3 is 10.2 Å². The van der Waals surface area contributed by atoms with Crippen molar-refractivity contribution in [1.82, 2.24) is 9.88 Å². The number of nitrogens with zero attached hydrogens (tertiary/aromatic N) is 4. The zero-order valence-corrected chi connectivity index (χ0v) is 16.5. The number of hydrogen-bond donors (Lipinski definition) is 1. The van der Waals surface area contributed by atoms with Gasteiger partial charge >= 0.3 is 0 Å². The van der Waals surface area contributed by atoms with Gasteiger partial charge in [-0.2, -0.15) is 5.26 Å². The summed E-state index contributed by atoms with van der Waals surface area (Å²) in [5, 5.41) is 12.2. The van der Waals surface area contributed by atoms with Gasteiger partial charge in [0.1, 0.15) is 0 Å². The van der Waals surface area contributed by atoms with Crippen LogP contribution in [0.4, 0.5) is 11.4 Å². The number of hydrogen-bond acceptors (Lipinski definition) is 5. The fourth-order valence-corrected chi connectivity index (χ4v) is 3.49. The quantitative estimate of drug-likeness (QED) is 0.677. The summed E-state index contributed by atoms with van der Waals surface area (Å²) in [5.41, 5.74) is 4.82. The number of nitrogens with one attached hydrogen (secondary N) is 1. The van der Waals surface area contributed by atoms with Gasteiger partial charge in [-0.05, 0) is 42.7 Å². The van der Waals surface area contributed by atoms with E-state index in [2.05, 4.69) is 69.1 Å². The highest BCUT2D eigenvalue weighted by Crippen LogP contribution is 2.27. The maximum Gasteiger partial charge on any atom is 0.0625 e. The molecule has 1 aliphatic heterocycles. The number of rotatable bonds is 9. The molecule has 1 fully saturated rings. The van der Waals surface area contributed by atoms with Gasteiger partial charge in [-0.3, -0.25) is 9.88 Å². The lowest BCUT2D eigenvalue weighted by Crippen LogP contribution is -2.47. The van der Waals surface area contributed by atoms with Crippen LogP contribution in [0.15, 0.2) is 60.9 Å². The molecule has 1 aliphatic rings. The van der Waals surface area contributed by atoms with E-state index >= 15 is 0 Å². The van der Waals surface area contributed by atoms with Gasteiger partial charge in [-0.1, -0.05) is 24.3 Å². The Bertz CT molecular complexity index is 788. The molecule has 0 bridgehead atoms. The van der Waals surface area contributed by atoms with Crippen molar-refractivity contribution < 1.29 is 0 Å². The molecule has 3 rings (SSSR count). The standard InChI is InChI=1S/C23H29N5/c1-20(5-4-11-24)19-26-22-6-2-3-7-23(22)28-17-15-27(16-18-28)14-10-21-8-12-25-13-9-21/h2-3,6-9,12-13,26H,1,4-5,10,14-19H2. The van der Waals surface area contributed by atoms with Crippen molar-refractivity contribution in [2.75, 3.05) is 49.5 Å². The molecule has 2 aromatic rings. The van der Waals surface area contributed by atoms with Crippen molar-refractivity contribution in [1.29, 1.82) is 5.26 Å². The fraction of sp³-hybridized carbons (Fsp3) is 0.391. The Hall–Kier alpha value is -2.84. The molecule has 28 heavy (non-hydrogen) atoms. The van der Waals surface area contributed by atoms with Gasteiger partial charge in [0.2, 0.25) is 0 Å². The summed E-state index contributed by atoms with van der Waals surface area (Å²) in [6.45, 7) is 10.1. The van der Waals surface area contributed by atoms with Crippen molar-refractivity contribution in [2.45, 2.75) is 19.3 Å². The Morgan fingerprint density at radius 1 is 1.11 bits per heavy atom. The lowest BCUT2D eigenvalue weighted by atomic mass is 10.1. The van der Waals surface area contributed by atoms with E-state index in [-0.39, 0.29) is 0 Å². The monoisotopic (exact) mass is 375 g/mol. The van der Waals surface area contributed by atoms with Gasteiger partial charge in [0.25, 0.3) is 0 Å². The molecular formula is C23H29N5. The second kappa shape index (κ2) is 10.5. The minimum Gasteiger partial charge on any atom is -0.380 e. The molecule has 0 aliphatic carbocycles. The maximum absolute atomic E-state index is 8.71. The molecule has 0 atom stereocenters. The van der Waals surface area contributed by atoms with Crippen LogP contribution in [0.1, 0.15) is 18.4 Å². The first-order valence-corrected chi connectivity index (χ1v) is 9.99. The van der Waals surface area contributed by atoms with Crippen molar-refractivity contribution in [3.63, 3.8) is 0 Å². The van der Waals surface area contributed by atoms with Crippen LogP contribution >= 0.6 is 0 Å². The van der Waals surface area contributed by atoms with Crippen molar-refractivity contribution in [3.8, 4) is 6.07 Å². The number of nitriles is 1. The zero-order valence-electron chi connectivity index (χ0n) is 16.5. The Morgan fingerprint density at radius 3 is 2.61 bits per heavy atom. The summed E-state index contributed by atoms with van der Waals surface area (Å²) in [7, 11) is 0. The van der Waals surface area contributed by atoms with Gasteiger partial charge in [-0.25, -0.2) is 0 Å². The van der Waals surface area contributed by atoms with Crippen molar-refractivity contribution in [2.24, 2.45) is 0 Å². The van der Waals surface area contributed by atoms with Gasteiger partial charge in [0, 0.05) is 58.1 Å². The van der Waals surface area contributed by atoms with Crippen LogP contribution in [-0.2, 0) is 6.42 Å². The van der Waals surface area contributed by atoms with Crippen LogP contribution in [0.2, 0.25) is 0 Å². The van der Waals surface area contributed by atoms with E-state index in [4.69, 9.17) is 5.26 Å². The van der Waals surface area contributed by atoms with Gasteiger partial charge in [-0.15, -0.1) is 0 Å². The van der Waals surface area contributed by atoms with Crippen LogP contribution in [0.3, 0.4) is 0 Å². The summed E-state index contributed by atoms with van der Waals surface area (Å²) in [6, 6.07) is 14.9. The lowest BCUT2D eigenvalue weighted by Gasteiger charge is -2.37. The zero-order chi connectivity index (χ0) is 19.6. The smallest absolute Gasteiger partial charge is 0.0625 e. The molecule has 0 unspecified atom stereocenters. The first-order chi connectivity index (χ1) is 13.8. The van der Waals surface area contributed by atoms with Crippen LogP contribution in [0.5, 0.6) is 0 Å². The highest BCUT2D eigenvalue weighted by Gasteiger charge is 2.18. The Kier molecular flexibility index (Phi) is 7.45. The molecule has 0 spiro atoms. The van der Waals surface area contributed by atoms with Crippen LogP contribution in [0.25, 0.3) is 0 Å². The maximum atomic E-state index is 8.71. The van der Waals surface area contributed by atoms with Crippen molar-refractivity contribution >= 4 is 11.4 Å². The van der Waals surface area contributed by atoms with Gasteiger partial charge in [0.05, 0.1) is 17.4 Å². The predicted octanol–water partition coefficient (Wildman–Crippen LogP) is 3.72. The summed E-state index contributed by atoms with van der Waals surface area (Å²) in [6.07, 6.45) is 6.09. The minimum atomic E-state index is 0.531. The molecule has 146 valence electrons. The molecule has 1 aromatic heterocycles. The molecule has 5 nitrogen and oxygen atoms in total. The van der Waals surface area contributed by atoms with E-state index in [1.54, 1.807) is 0 Å². The molecule has 0 radical (unpaired) electrons. The first kappa shape index (κ1) is 19.9. The minimum absolute atomic E-state index is 0.531. The molecular weight excluding hydrogens is 346 g/mol. The third-order valence-corrected chi connectivity index (χ3v) is 5.20. The van der Waals surface area contributed by atoms with E-state index in [1.165, 1.54) is 11.3 Å². The second-order valence-corrected chi connectivity index (χ2v) is 7.21. The molecule has 1 aromatic carbocycles. The number of benzene rings is 1. The largest absolute Gasteiger partial charge is 0.380 e. The molecule has 5 heteroatoms. The third kappa shape index (κ3) is 5.83. The summed E-state index contributed by atoms with van der Waals surface area (Å²) in [4.78, 5) is 9.09. The fourth-order valence-electron chi connectivity index (χ4n) is 3.49. The Balaban J connectivity index is 1.50. The molecule has 0 amide bonds. The molecule has 0 saturated carbocycles. The predicted molar refractivity (Wildman–Crippen MR) is 116 cm³/mol.